The van der Waals surface area contributed by atoms with Crippen molar-refractivity contribution in [1.82, 2.24) is 29.9 Å². The second-order valence-corrected chi connectivity index (χ2v) is 5.05. The lowest BCUT2D eigenvalue weighted by Crippen LogP contribution is -2.32. The number of hydrogen-bond acceptors (Lipinski definition) is 6. The van der Waals surface area contributed by atoms with E-state index in [1.165, 1.54) is 35.2 Å². The maximum Gasteiger partial charge on any atom is 0.266 e. The molecule has 25 heavy (non-hydrogen) atoms. The van der Waals surface area contributed by atoms with Crippen LogP contribution in [-0.4, -0.2) is 44.1 Å². The molecule has 0 spiro atoms. The summed E-state index contributed by atoms with van der Waals surface area (Å²) in [6, 6.07) is 9.87. The number of aromatic nitrogens is 5. The van der Waals surface area contributed by atoms with Gasteiger partial charge in [0.05, 0.1) is 19.2 Å². The van der Waals surface area contributed by atoms with Crippen molar-refractivity contribution in [2.45, 2.75) is 6.54 Å². The van der Waals surface area contributed by atoms with Gasteiger partial charge in [0.2, 0.25) is 0 Å². The fourth-order valence-corrected chi connectivity index (χ4v) is 2.25. The fourth-order valence-electron chi connectivity index (χ4n) is 2.25. The number of para-hydroxylation sites is 1. The molecule has 0 aliphatic rings. The average Bonchev–Trinajstić information content (AvgIpc) is 3.17. The standard InChI is InChI=1S/C16H16N6O3/c1-25-13-5-3-2-4-12(13)16(24)18-8-9-21-15(23)7-6-14(20-21)22-11-17-10-19-22/h2-7,10-11H,8-9H2,1H3,(H,18,24). The first-order chi connectivity index (χ1) is 12.2. The Bertz CT molecular complexity index is 920. The van der Waals surface area contributed by atoms with Crippen molar-refractivity contribution in [2.24, 2.45) is 0 Å². The van der Waals surface area contributed by atoms with Gasteiger partial charge in [-0.2, -0.15) is 5.10 Å². The number of methoxy groups -OCH3 is 1. The highest BCUT2D eigenvalue weighted by atomic mass is 16.5. The Morgan fingerprint density at radius 3 is 2.84 bits per heavy atom. The van der Waals surface area contributed by atoms with Gasteiger partial charge in [-0.3, -0.25) is 9.59 Å². The molecule has 9 heteroatoms. The number of ether oxygens (including phenoxy) is 1. The van der Waals surface area contributed by atoms with Crippen LogP contribution in [-0.2, 0) is 6.54 Å². The largest absolute Gasteiger partial charge is 0.496 e. The molecule has 0 atom stereocenters. The van der Waals surface area contributed by atoms with Gasteiger partial charge in [-0.05, 0) is 18.2 Å². The molecule has 1 N–H and O–H groups in total. The Morgan fingerprint density at radius 2 is 2.08 bits per heavy atom. The zero-order chi connectivity index (χ0) is 17.6. The first-order valence-electron chi connectivity index (χ1n) is 7.53. The van der Waals surface area contributed by atoms with Gasteiger partial charge in [0.15, 0.2) is 5.82 Å². The fraction of sp³-hybridized carbons (Fsp3) is 0.188. The molecule has 0 unspecified atom stereocenters. The molecule has 128 valence electrons. The normalized spacial score (nSPS) is 10.4. The molecule has 2 aromatic heterocycles. The lowest BCUT2D eigenvalue weighted by Gasteiger charge is -2.10. The number of carbonyl (C=O) groups excluding carboxylic acids is 1. The molecule has 0 saturated heterocycles. The lowest BCUT2D eigenvalue weighted by atomic mass is 10.2. The predicted octanol–water partition coefficient (Wildman–Crippen LogP) is 0.263. The zero-order valence-electron chi connectivity index (χ0n) is 13.5. The molecule has 1 amide bonds. The summed E-state index contributed by atoms with van der Waals surface area (Å²) in [5.41, 5.74) is 0.164. The number of nitrogens with zero attached hydrogens (tertiary/aromatic N) is 5. The van der Waals surface area contributed by atoms with Crippen LogP contribution in [0.2, 0.25) is 0 Å². The van der Waals surface area contributed by atoms with E-state index in [1.54, 1.807) is 30.3 Å². The molecule has 0 bridgehead atoms. The van der Waals surface area contributed by atoms with Crippen LogP contribution >= 0.6 is 0 Å². The third-order valence-corrected chi connectivity index (χ3v) is 3.47. The SMILES string of the molecule is COc1ccccc1C(=O)NCCn1nc(-n2cncn2)ccc1=O. The van der Waals surface area contributed by atoms with Gasteiger partial charge in [-0.1, -0.05) is 12.1 Å². The Labute approximate surface area is 142 Å². The van der Waals surface area contributed by atoms with E-state index in [2.05, 4.69) is 20.5 Å². The van der Waals surface area contributed by atoms with Crippen LogP contribution in [0.1, 0.15) is 10.4 Å². The molecule has 0 saturated carbocycles. The van der Waals surface area contributed by atoms with Crippen LogP contribution in [0.5, 0.6) is 5.75 Å². The lowest BCUT2D eigenvalue weighted by molar-refractivity contribution is 0.0948. The first-order valence-corrected chi connectivity index (χ1v) is 7.53. The topological polar surface area (TPSA) is 104 Å². The summed E-state index contributed by atoms with van der Waals surface area (Å²) in [7, 11) is 1.51. The summed E-state index contributed by atoms with van der Waals surface area (Å²) in [5.74, 6) is 0.676. The number of carbonyl (C=O) groups is 1. The molecule has 1 aromatic carbocycles. The highest BCUT2D eigenvalue weighted by Gasteiger charge is 2.11. The van der Waals surface area contributed by atoms with Gasteiger partial charge < -0.3 is 10.1 Å². The van der Waals surface area contributed by atoms with Crippen molar-refractivity contribution >= 4 is 5.91 Å². The minimum atomic E-state index is -0.280. The summed E-state index contributed by atoms with van der Waals surface area (Å²) in [6.45, 7) is 0.465. The van der Waals surface area contributed by atoms with Crippen molar-refractivity contribution < 1.29 is 9.53 Å². The summed E-state index contributed by atoms with van der Waals surface area (Å²) < 4.78 is 7.87. The molecule has 0 aliphatic heterocycles. The van der Waals surface area contributed by atoms with Crippen LogP contribution in [0.4, 0.5) is 0 Å². The van der Waals surface area contributed by atoms with Crippen LogP contribution in [0.15, 0.2) is 53.8 Å². The third kappa shape index (κ3) is 3.71. The quantitative estimate of drug-likeness (QED) is 0.690. The number of hydrogen-bond donors (Lipinski definition) is 1. The molecule has 0 aliphatic carbocycles. The summed E-state index contributed by atoms with van der Waals surface area (Å²) in [6.07, 6.45) is 2.87. The Hall–Kier alpha value is -3.49. The van der Waals surface area contributed by atoms with Crippen LogP contribution in [0.3, 0.4) is 0 Å². The van der Waals surface area contributed by atoms with Crippen molar-refractivity contribution in [3.05, 3.63) is 65.0 Å². The van der Waals surface area contributed by atoms with Crippen molar-refractivity contribution in [3.8, 4) is 11.6 Å². The summed E-state index contributed by atoms with van der Waals surface area (Å²) in [5, 5.41) is 10.9. The van der Waals surface area contributed by atoms with Crippen LogP contribution in [0, 0.1) is 0 Å². The van der Waals surface area contributed by atoms with Crippen LogP contribution < -0.4 is 15.6 Å². The molecular formula is C16H16N6O3. The van der Waals surface area contributed by atoms with Gasteiger partial charge in [-0.15, -0.1) is 5.10 Å². The number of amides is 1. The number of rotatable bonds is 6. The second-order valence-electron chi connectivity index (χ2n) is 5.05. The van der Waals surface area contributed by atoms with Crippen LogP contribution in [0.25, 0.3) is 5.82 Å². The molecule has 3 aromatic rings. The highest BCUT2D eigenvalue weighted by molar-refractivity contribution is 5.96. The third-order valence-electron chi connectivity index (χ3n) is 3.47. The second kappa shape index (κ2) is 7.39. The Kier molecular flexibility index (Phi) is 4.84. The van der Waals surface area contributed by atoms with E-state index in [0.29, 0.717) is 17.1 Å². The van der Waals surface area contributed by atoms with Crippen molar-refractivity contribution in [2.75, 3.05) is 13.7 Å². The minimum Gasteiger partial charge on any atom is -0.496 e. The minimum absolute atomic E-state index is 0.224. The van der Waals surface area contributed by atoms with Gasteiger partial charge >= 0.3 is 0 Å². The van der Waals surface area contributed by atoms with E-state index in [0.717, 1.165) is 0 Å². The molecule has 3 rings (SSSR count). The van der Waals surface area contributed by atoms with E-state index < -0.39 is 0 Å². The average molecular weight is 340 g/mol. The molecule has 9 nitrogen and oxygen atoms in total. The maximum atomic E-state index is 12.2. The molecular weight excluding hydrogens is 324 g/mol. The van der Waals surface area contributed by atoms with E-state index in [1.807, 2.05) is 0 Å². The van der Waals surface area contributed by atoms with Crippen molar-refractivity contribution in [3.63, 3.8) is 0 Å². The van der Waals surface area contributed by atoms with Gasteiger partial charge in [0.1, 0.15) is 18.4 Å². The number of nitrogens with one attached hydrogen (secondary N) is 1. The van der Waals surface area contributed by atoms with E-state index in [-0.39, 0.29) is 24.6 Å². The first kappa shape index (κ1) is 16.4. The zero-order valence-corrected chi connectivity index (χ0v) is 13.5. The number of benzene rings is 1. The summed E-state index contributed by atoms with van der Waals surface area (Å²) in [4.78, 5) is 28.0. The van der Waals surface area contributed by atoms with E-state index in [9.17, 15) is 9.59 Å². The Morgan fingerprint density at radius 1 is 1.24 bits per heavy atom. The highest BCUT2D eigenvalue weighted by Crippen LogP contribution is 2.16. The van der Waals surface area contributed by atoms with Gasteiger partial charge in [-0.25, -0.2) is 14.3 Å². The molecule has 2 heterocycles. The predicted molar refractivity (Wildman–Crippen MR) is 88.7 cm³/mol. The Balaban J connectivity index is 1.67. The van der Waals surface area contributed by atoms with Crippen molar-refractivity contribution in [1.29, 1.82) is 0 Å². The summed E-state index contributed by atoms with van der Waals surface area (Å²) >= 11 is 0. The maximum absolute atomic E-state index is 12.2. The van der Waals surface area contributed by atoms with E-state index >= 15 is 0 Å². The monoisotopic (exact) mass is 340 g/mol. The van der Waals surface area contributed by atoms with E-state index in [4.69, 9.17) is 4.74 Å². The van der Waals surface area contributed by atoms with Gasteiger partial charge in [0, 0.05) is 12.6 Å². The smallest absolute Gasteiger partial charge is 0.266 e. The van der Waals surface area contributed by atoms with Gasteiger partial charge in [0.25, 0.3) is 11.5 Å². The molecule has 0 fully saturated rings. The molecule has 0 radical (unpaired) electrons.